The lowest BCUT2D eigenvalue weighted by molar-refractivity contribution is -0.141. The van der Waals surface area contributed by atoms with Crippen molar-refractivity contribution in [3.63, 3.8) is 0 Å². The summed E-state index contributed by atoms with van der Waals surface area (Å²) in [5.41, 5.74) is 10.1. The highest BCUT2D eigenvalue weighted by molar-refractivity contribution is 5.90. The lowest BCUT2D eigenvalue weighted by Gasteiger charge is -2.13. The predicted octanol–water partition coefficient (Wildman–Crippen LogP) is -2.22. The van der Waals surface area contributed by atoms with Crippen LogP contribution in [0.1, 0.15) is 13.3 Å². The fourth-order valence-electron chi connectivity index (χ4n) is 0.692. The van der Waals surface area contributed by atoms with Crippen LogP contribution in [0.4, 0.5) is 0 Å². The van der Waals surface area contributed by atoms with Gasteiger partial charge in [-0.2, -0.15) is 0 Å². The second-order valence-corrected chi connectivity index (χ2v) is 2.85. The normalized spacial score (nSPS) is 14.1. The molecule has 80 valence electrons. The zero-order valence-electron chi connectivity index (χ0n) is 7.69. The Bertz CT molecular complexity index is 253. The van der Waals surface area contributed by atoms with Crippen LogP contribution in [-0.2, 0) is 14.4 Å². The van der Waals surface area contributed by atoms with Crippen LogP contribution in [-0.4, -0.2) is 35.0 Å². The topological polar surface area (TPSA) is 136 Å². The SMILES string of the molecule is CC(NC(=O)[C@@H](N)CC(N)=O)C(=O)O. The Labute approximate surface area is 80.4 Å². The highest BCUT2D eigenvalue weighted by atomic mass is 16.4. The lowest BCUT2D eigenvalue weighted by Crippen LogP contribution is -2.48. The number of hydrogen-bond donors (Lipinski definition) is 4. The summed E-state index contributed by atoms with van der Waals surface area (Å²) in [7, 11) is 0. The number of hydrogen-bond acceptors (Lipinski definition) is 4. The van der Waals surface area contributed by atoms with E-state index in [1.165, 1.54) is 6.92 Å². The van der Waals surface area contributed by atoms with Gasteiger partial charge >= 0.3 is 5.97 Å². The van der Waals surface area contributed by atoms with Crippen LogP contribution < -0.4 is 16.8 Å². The second kappa shape index (κ2) is 5.18. The van der Waals surface area contributed by atoms with Crippen molar-refractivity contribution in [1.82, 2.24) is 5.32 Å². The fraction of sp³-hybridized carbons (Fsp3) is 0.571. The molecule has 0 fully saturated rings. The molecule has 14 heavy (non-hydrogen) atoms. The van der Waals surface area contributed by atoms with Crippen LogP contribution >= 0.6 is 0 Å². The lowest BCUT2D eigenvalue weighted by atomic mass is 10.2. The molecule has 0 bridgehead atoms. The first-order chi connectivity index (χ1) is 6.34. The Hall–Kier alpha value is -1.63. The van der Waals surface area contributed by atoms with Gasteiger partial charge in [0.15, 0.2) is 0 Å². The van der Waals surface area contributed by atoms with Gasteiger partial charge in [0.1, 0.15) is 6.04 Å². The van der Waals surface area contributed by atoms with Crippen LogP contribution in [0.15, 0.2) is 0 Å². The minimum Gasteiger partial charge on any atom is -0.480 e. The Kier molecular flexibility index (Phi) is 4.57. The number of primary amides is 1. The molecule has 0 aromatic heterocycles. The van der Waals surface area contributed by atoms with Crippen molar-refractivity contribution in [2.75, 3.05) is 0 Å². The first-order valence-electron chi connectivity index (χ1n) is 3.91. The summed E-state index contributed by atoms with van der Waals surface area (Å²) in [4.78, 5) is 31.8. The third-order valence-electron chi connectivity index (χ3n) is 1.49. The maximum atomic E-state index is 11.1. The minimum absolute atomic E-state index is 0.307. The average Bonchev–Trinajstić information content (AvgIpc) is 2.02. The number of carboxylic acids is 1. The van der Waals surface area contributed by atoms with Gasteiger partial charge in [0.25, 0.3) is 0 Å². The summed E-state index contributed by atoms with van der Waals surface area (Å²) < 4.78 is 0. The molecule has 6 N–H and O–H groups in total. The molecule has 0 saturated heterocycles. The number of rotatable bonds is 5. The Morgan fingerprint density at radius 2 is 1.93 bits per heavy atom. The number of aliphatic carboxylic acids is 1. The zero-order chi connectivity index (χ0) is 11.3. The molecule has 0 aliphatic carbocycles. The first-order valence-corrected chi connectivity index (χ1v) is 3.91. The van der Waals surface area contributed by atoms with Crippen molar-refractivity contribution in [1.29, 1.82) is 0 Å². The number of nitrogens with one attached hydrogen (secondary N) is 1. The molecule has 0 radical (unpaired) electrons. The van der Waals surface area contributed by atoms with Crippen molar-refractivity contribution in [2.45, 2.75) is 25.4 Å². The van der Waals surface area contributed by atoms with E-state index in [0.29, 0.717) is 0 Å². The molecule has 0 rings (SSSR count). The Balaban J connectivity index is 4.07. The van der Waals surface area contributed by atoms with Gasteiger partial charge in [0, 0.05) is 0 Å². The number of carboxylic acid groups (broad SMARTS) is 1. The van der Waals surface area contributed by atoms with E-state index in [-0.39, 0.29) is 6.42 Å². The van der Waals surface area contributed by atoms with Crippen molar-refractivity contribution in [2.24, 2.45) is 11.5 Å². The number of carbonyl (C=O) groups is 3. The average molecular weight is 203 g/mol. The summed E-state index contributed by atoms with van der Waals surface area (Å²) in [5, 5.41) is 10.6. The quantitative estimate of drug-likeness (QED) is 0.401. The maximum absolute atomic E-state index is 11.1. The van der Waals surface area contributed by atoms with Crippen LogP contribution in [0.3, 0.4) is 0 Å². The van der Waals surface area contributed by atoms with E-state index in [0.717, 1.165) is 0 Å². The summed E-state index contributed by atoms with van der Waals surface area (Å²) in [6, 6.07) is -2.14. The van der Waals surface area contributed by atoms with Gasteiger partial charge in [0.05, 0.1) is 12.5 Å². The van der Waals surface area contributed by atoms with Crippen molar-refractivity contribution in [3.05, 3.63) is 0 Å². The summed E-state index contributed by atoms with van der Waals surface area (Å²) in [5.74, 6) is -2.60. The van der Waals surface area contributed by atoms with E-state index >= 15 is 0 Å². The Morgan fingerprint density at radius 1 is 1.43 bits per heavy atom. The standard InChI is InChI=1S/C7H13N3O4/c1-3(7(13)14)10-6(12)4(8)2-5(9)11/h3-4H,2,8H2,1H3,(H2,9,11)(H,10,12)(H,13,14)/t3?,4-/m0/s1. The molecule has 2 amide bonds. The molecule has 7 nitrogen and oxygen atoms in total. The smallest absolute Gasteiger partial charge is 0.325 e. The second-order valence-electron chi connectivity index (χ2n) is 2.85. The third kappa shape index (κ3) is 4.41. The molecular weight excluding hydrogens is 190 g/mol. The van der Waals surface area contributed by atoms with Gasteiger partial charge in [-0.1, -0.05) is 0 Å². The van der Waals surface area contributed by atoms with E-state index in [4.69, 9.17) is 16.6 Å². The van der Waals surface area contributed by atoms with E-state index in [9.17, 15) is 14.4 Å². The molecule has 0 aromatic rings. The number of nitrogens with two attached hydrogens (primary N) is 2. The van der Waals surface area contributed by atoms with E-state index in [1.54, 1.807) is 0 Å². The highest BCUT2D eigenvalue weighted by Crippen LogP contribution is 1.89. The minimum atomic E-state index is -1.18. The van der Waals surface area contributed by atoms with Gasteiger partial charge in [-0.05, 0) is 6.92 Å². The molecule has 0 saturated carbocycles. The van der Waals surface area contributed by atoms with Crippen molar-refractivity contribution in [3.8, 4) is 0 Å². The predicted molar refractivity (Wildman–Crippen MR) is 47.0 cm³/mol. The molecule has 1 unspecified atom stereocenters. The molecule has 0 aliphatic rings. The molecule has 7 heteroatoms. The molecule has 0 aliphatic heterocycles. The zero-order valence-corrected chi connectivity index (χ0v) is 7.69. The Morgan fingerprint density at radius 3 is 2.29 bits per heavy atom. The number of carbonyl (C=O) groups excluding carboxylic acids is 2. The summed E-state index contributed by atoms with van der Waals surface area (Å²) in [6.45, 7) is 1.29. The molecule has 2 atom stereocenters. The molecule has 0 spiro atoms. The first kappa shape index (κ1) is 12.4. The monoisotopic (exact) mass is 203 g/mol. The van der Waals surface area contributed by atoms with Gasteiger partial charge < -0.3 is 21.9 Å². The van der Waals surface area contributed by atoms with Crippen molar-refractivity contribution < 1.29 is 19.5 Å². The van der Waals surface area contributed by atoms with Crippen LogP contribution in [0, 0.1) is 0 Å². The van der Waals surface area contributed by atoms with Crippen LogP contribution in [0.25, 0.3) is 0 Å². The van der Waals surface area contributed by atoms with Crippen LogP contribution in [0.5, 0.6) is 0 Å². The third-order valence-corrected chi connectivity index (χ3v) is 1.49. The van der Waals surface area contributed by atoms with Gasteiger partial charge in [0.2, 0.25) is 11.8 Å². The molecule has 0 aromatic carbocycles. The molecular formula is C7H13N3O4. The molecule has 0 heterocycles. The van der Waals surface area contributed by atoms with Crippen molar-refractivity contribution >= 4 is 17.8 Å². The van der Waals surface area contributed by atoms with E-state index in [1.807, 2.05) is 0 Å². The largest absolute Gasteiger partial charge is 0.480 e. The van der Waals surface area contributed by atoms with Crippen LogP contribution in [0.2, 0.25) is 0 Å². The van der Waals surface area contributed by atoms with Gasteiger partial charge in [-0.15, -0.1) is 0 Å². The highest BCUT2D eigenvalue weighted by Gasteiger charge is 2.20. The van der Waals surface area contributed by atoms with E-state index in [2.05, 4.69) is 5.32 Å². The number of amides is 2. The maximum Gasteiger partial charge on any atom is 0.325 e. The van der Waals surface area contributed by atoms with Gasteiger partial charge in [-0.3, -0.25) is 14.4 Å². The summed E-state index contributed by atoms with van der Waals surface area (Å²) in [6.07, 6.45) is -0.307. The van der Waals surface area contributed by atoms with Gasteiger partial charge in [-0.25, -0.2) is 0 Å². The van der Waals surface area contributed by atoms with E-state index < -0.39 is 29.9 Å². The fourth-order valence-corrected chi connectivity index (χ4v) is 0.692. The summed E-state index contributed by atoms with van der Waals surface area (Å²) >= 11 is 0.